The van der Waals surface area contributed by atoms with Crippen LogP contribution in [0, 0.1) is 10.1 Å². The van der Waals surface area contributed by atoms with E-state index in [9.17, 15) is 19.7 Å². The zero-order valence-corrected chi connectivity index (χ0v) is 16.2. The summed E-state index contributed by atoms with van der Waals surface area (Å²) >= 11 is 5.71. The fraction of sp³-hybridized carbons (Fsp3) is 0.263. The molecule has 0 radical (unpaired) electrons. The third-order valence-corrected chi connectivity index (χ3v) is 4.46. The lowest BCUT2D eigenvalue weighted by Gasteiger charge is -2.15. The van der Waals surface area contributed by atoms with Crippen LogP contribution in [0.1, 0.15) is 42.1 Å². The van der Waals surface area contributed by atoms with E-state index in [0.717, 1.165) is 18.1 Å². The van der Waals surface area contributed by atoms with Crippen molar-refractivity contribution in [2.75, 3.05) is 6.61 Å². The van der Waals surface area contributed by atoms with E-state index in [1.807, 2.05) is 18.2 Å². The number of nitrogens with zero attached hydrogens (tertiary/aromatic N) is 1. The predicted molar refractivity (Wildman–Crippen MR) is 104 cm³/mol. The third-order valence-electron chi connectivity index (χ3n) is 4.14. The number of hydrazine groups is 1. The molecule has 0 heterocycles. The summed E-state index contributed by atoms with van der Waals surface area (Å²) in [6.45, 7) is 3.83. The number of rotatable bonds is 7. The van der Waals surface area contributed by atoms with Gasteiger partial charge >= 0.3 is 0 Å². The van der Waals surface area contributed by atoms with Crippen molar-refractivity contribution in [3.8, 4) is 5.75 Å². The summed E-state index contributed by atoms with van der Waals surface area (Å²) in [5.74, 6) is -0.407. The van der Waals surface area contributed by atoms with Crippen LogP contribution in [0.4, 0.5) is 5.69 Å². The van der Waals surface area contributed by atoms with Gasteiger partial charge in [-0.1, -0.05) is 43.6 Å². The highest BCUT2D eigenvalue weighted by molar-refractivity contribution is 6.32. The van der Waals surface area contributed by atoms with E-state index in [1.54, 1.807) is 6.07 Å². The molecular weight excluding hydrogens is 386 g/mol. The van der Waals surface area contributed by atoms with Crippen LogP contribution in [0.25, 0.3) is 0 Å². The summed E-state index contributed by atoms with van der Waals surface area (Å²) in [6, 6.07) is 11.0. The molecule has 8 nitrogen and oxygen atoms in total. The van der Waals surface area contributed by atoms with E-state index in [1.165, 1.54) is 12.1 Å². The lowest BCUT2D eigenvalue weighted by Crippen LogP contribution is -2.43. The Morgan fingerprint density at radius 2 is 1.93 bits per heavy atom. The van der Waals surface area contributed by atoms with Gasteiger partial charge in [-0.05, 0) is 36.1 Å². The number of nitro benzene ring substituents is 1. The smallest absolute Gasteiger partial charge is 0.288 e. The molecule has 2 amide bonds. The highest BCUT2D eigenvalue weighted by atomic mass is 35.5. The van der Waals surface area contributed by atoms with E-state index in [4.69, 9.17) is 16.3 Å². The van der Waals surface area contributed by atoms with E-state index >= 15 is 0 Å². The number of benzene rings is 2. The Morgan fingerprint density at radius 3 is 2.61 bits per heavy atom. The Hall–Kier alpha value is -3.13. The second-order valence-electron chi connectivity index (χ2n) is 6.06. The maximum atomic E-state index is 12.1. The fourth-order valence-corrected chi connectivity index (χ4v) is 2.60. The molecule has 1 unspecified atom stereocenters. The Kier molecular flexibility index (Phi) is 7.34. The van der Waals surface area contributed by atoms with Gasteiger partial charge in [-0.2, -0.15) is 0 Å². The van der Waals surface area contributed by atoms with Gasteiger partial charge in [0.2, 0.25) is 0 Å². The molecule has 0 bridgehead atoms. The number of hydrogen-bond acceptors (Lipinski definition) is 5. The average molecular weight is 406 g/mol. The molecule has 1 atom stereocenters. The SMILES string of the molecule is CCC(C)c1ccccc1OCC(=O)NNC(=O)c1ccc(Cl)c([N+](=O)[O-])c1. The van der Waals surface area contributed by atoms with Crippen LogP contribution < -0.4 is 15.6 Å². The van der Waals surface area contributed by atoms with Crippen molar-refractivity contribution in [3.63, 3.8) is 0 Å². The molecule has 0 aliphatic rings. The Balaban J connectivity index is 1.92. The van der Waals surface area contributed by atoms with E-state index < -0.39 is 22.4 Å². The number of carbonyl (C=O) groups is 2. The molecule has 148 valence electrons. The summed E-state index contributed by atoms with van der Waals surface area (Å²) in [7, 11) is 0. The van der Waals surface area contributed by atoms with Crippen molar-refractivity contribution >= 4 is 29.1 Å². The molecule has 0 spiro atoms. The zero-order valence-electron chi connectivity index (χ0n) is 15.4. The van der Waals surface area contributed by atoms with Crippen LogP contribution in [0.15, 0.2) is 42.5 Å². The molecule has 2 N–H and O–H groups in total. The van der Waals surface area contributed by atoms with Gasteiger partial charge < -0.3 is 4.74 Å². The molecule has 0 aliphatic carbocycles. The lowest BCUT2D eigenvalue weighted by molar-refractivity contribution is -0.384. The van der Waals surface area contributed by atoms with Crippen LogP contribution >= 0.6 is 11.6 Å². The van der Waals surface area contributed by atoms with Crippen LogP contribution in [0.2, 0.25) is 5.02 Å². The monoisotopic (exact) mass is 405 g/mol. The second kappa shape index (κ2) is 9.70. The number of ether oxygens (including phenoxy) is 1. The first-order valence-corrected chi connectivity index (χ1v) is 8.96. The Bertz CT molecular complexity index is 888. The van der Waals surface area contributed by atoms with E-state index in [0.29, 0.717) is 5.75 Å². The van der Waals surface area contributed by atoms with E-state index in [-0.39, 0.29) is 23.1 Å². The van der Waals surface area contributed by atoms with Gasteiger partial charge in [0.05, 0.1) is 4.92 Å². The first-order valence-electron chi connectivity index (χ1n) is 8.58. The molecule has 9 heteroatoms. The molecule has 2 aromatic carbocycles. The van der Waals surface area contributed by atoms with Crippen LogP contribution in [-0.2, 0) is 4.79 Å². The molecular formula is C19H20ClN3O5. The minimum Gasteiger partial charge on any atom is -0.483 e. The van der Waals surface area contributed by atoms with Crippen molar-refractivity contribution < 1.29 is 19.2 Å². The summed E-state index contributed by atoms with van der Waals surface area (Å²) in [4.78, 5) is 34.2. The Labute approximate surface area is 167 Å². The normalized spacial score (nSPS) is 11.4. The Morgan fingerprint density at radius 1 is 1.21 bits per heavy atom. The van der Waals surface area contributed by atoms with Crippen molar-refractivity contribution in [3.05, 3.63) is 68.7 Å². The van der Waals surface area contributed by atoms with Gasteiger partial charge in [-0.25, -0.2) is 0 Å². The van der Waals surface area contributed by atoms with Crippen molar-refractivity contribution in [1.82, 2.24) is 10.9 Å². The van der Waals surface area contributed by atoms with Crippen LogP contribution in [-0.4, -0.2) is 23.3 Å². The summed E-state index contributed by atoms with van der Waals surface area (Å²) in [6.07, 6.45) is 0.926. The third kappa shape index (κ3) is 5.43. The highest BCUT2D eigenvalue weighted by Gasteiger charge is 2.17. The fourth-order valence-electron chi connectivity index (χ4n) is 2.41. The standard InChI is InChI=1S/C19H20ClN3O5/c1-3-12(2)14-6-4-5-7-17(14)28-11-18(24)21-22-19(25)13-8-9-15(20)16(10-13)23(26)27/h4-10,12H,3,11H2,1-2H3,(H,21,24)(H,22,25). The topological polar surface area (TPSA) is 111 Å². The van der Waals surface area contributed by atoms with Crippen LogP contribution in [0.3, 0.4) is 0 Å². The maximum absolute atomic E-state index is 12.1. The molecule has 0 aliphatic heterocycles. The number of amides is 2. The number of nitrogens with one attached hydrogen (secondary N) is 2. The maximum Gasteiger partial charge on any atom is 0.288 e. The molecule has 0 aromatic heterocycles. The number of para-hydroxylation sites is 1. The molecule has 2 aromatic rings. The minimum atomic E-state index is -0.715. The summed E-state index contributed by atoms with van der Waals surface area (Å²) in [5.41, 5.74) is 4.98. The van der Waals surface area contributed by atoms with Gasteiger partial charge in [0, 0.05) is 11.6 Å². The molecule has 0 saturated carbocycles. The number of halogens is 1. The molecule has 0 fully saturated rings. The van der Waals surface area contributed by atoms with Gasteiger partial charge in [0.15, 0.2) is 6.61 Å². The predicted octanol–water partition coefficient (Wildman–Crippen LogP) is 3.60. The second-order valence-corrected chi connectivity index (χ2v) is 6.47. The first kappa shape index (κ1) is 21.2. The number of hydrogen-bond donors (Lipinski definition) is 2. The molecule has 0 saturated heterocycles. The lowest BCUT2D eigenvalue weighted by atomic mass is 9.98. The number of carbonyl (C=O) groups excluding carboxylic acids is 2. The van der Waals surface area contributed by atoms with Gasteiger partial charge in [-0.3, -0.25) is 30.6 Å². The van der Waals surface area contributed by atoms with E-state index in [2.05, 4.69) is 24.7 Å². The highest BCUT2D eigenvalue weighted by Crippen LogP contribution is 2.28. The van der Waals surface area contributed by atoms with Crippen molar-refractivity contribution in [2.45, 2.75) is 26.2 Å². The zero-order chi connectivity index (χ0) is 20.7. The van der Waals surface area contributed by atoms with Crippen LogP contribution in [0.5, 0.6) is 5.75 Å². The number of nitro groups is 1. The summed E-state index contributed by atoms with van der Waals surface area (Å²) in [5, 5.41) is 10.8. The largest absolute Gasteiger partial charge is 0.483 e. The summed E-state index contributed by atoms with van der Waals surface area (Å²) < 4.78 is 5.56. The first-order chi connectivity index (χ1) is 13.3. The van der Waals surface area contributed by atoms with Gasteiger partial charge in [0.1, 0.15) is 10.8 Å². The molecule has 2 rings (SSSR count). The van der Waals surface area contributed by atoms with Crippen molar-refractivity contribution in [2.24, 2.45) is 0 Å². The van der Waals surface area contributed by atoms with Crippen molar-refractivity contribution in [1.29, 1.82) is 0 Å². The molecule has 28 heavy (non-hydrogen) atoms. The quantitative estimate of drug-likeness (QED) is 0.540. The van der Waals surface area contributed by atoms with Gasteiger partial charge in [0.25, 0.3) is 17.5 Å². The minimum absolute atomic E-state index is 0.0144. The average Bonchev–Trinajstić information content (AvgIpc) is 2.70. The van der Waals surface area contributed by atoms with Gasteiger partial charge in [-0.15, -0.1) is 0 Å².